The number of halogens is 1. The number of amides is 2. The van der Waals surface area contributed by atoms with Gasteiger partial charge in [0.15, 0.2) is 5.60 Å². The fourth-order valence-electron chi connectivity index (χ4n) is 7.92. The van der Waals surface area contributed by atoms with Gasteiger partial charge in [0.1, 0.15) is 5.75 Å². The normalized spacial score (nSPS) is 26.5. The molecule has 0 saturated carbocycles. The number of methoxy groups -OCH3 is 1. The first kappa shape index (κ1) is 29.9. The lowest BCUT2D eigenvalue weighted by atomic mass is 9.82. The highest BCUT2D eigenvalue weighted by Crippen LogP contribution is 2.60. The van der Waals surface area contributed by atoms with Crippen molar-refractivity contribution in [3.63, 3.8) is 0 Å². The fraction of sp³-hybridized carbons (Fsp3) is 0.412. The van der Waals surface area contributed by atoms with E-state index in [1.54, 1.807) is 30.0 Å². The highest BCUT2D eigenvalue weighted by molar-refractivity contribution is 6.91. The molecule has 1 spiro atoms. The summed E-state index contributed by atoms with van der Waals surface area (Å²) in [5.74, 6) is 0.359. The highest BCUT2D eigenvalue weighted by Gasteiger charge is 2.66. The Morgan fingerprint density at radius 1 is 1.12 bits per heavy atom. The van der Waals surface area contributed by atoms with Gasteiger partial charge >= 0.3 is 0 Å². The van der Waals surface area contributed by atoms with E-state index < -0.39 is 19.8 Å². The van der Waals surface area contributed by atoms with Gasteiger partial charge < -0.3 is 24.4 Å². The smallest absolute Gasteiger partial charge is 0.264 e. The molecule has 3 heterocycles. The predicted molar refractivity (Wildman–Crippen MR) is 171 cm³/mol. The van der Waals surface area contributed by atoms with Gasteiger partial charge in [-0.15, -0.1) is 0 Å². The van der Waals surface area contributed by atoms with Gasteiger partial charge in [-0.05, 0) is 53.4 Å². The third-order valence-electron chi connectivity index (χ3n) is 10.2. The third kappa shape index (κ3) is 4.70. The topological polar surface area (TPSA) is 79.3 Å². The lowest BCUT2D eigenvalue weighted by molar-refractivity contribution is -0.150. The van der Waals surface area contributed by atoms with E-state index in [4.69, 9.17) is 21.1 Å². The molecule has 2 amide bonds. The molecule has 3 aromatic rings. The molecule has 7 nitrogen and oxygen atoms in total. The first-order valence-electron chi connectivity index (χ1n) is 14.9. The Morgan fingerprint density at radius 3 is 2.49 bits per heavy atom. The van der Waals surface area contributed by atoms with Crippen LogP contribution in [0.2, 0.25) is 23.7 Å². The van der Waals surface area contributed by atoms with Gasteiger partial charge in [0, 0.05) is 30.1 Å². The zero-order chi connectivity index (χ0) is 30.7. The number of hydrogen-bond donors (Lipinski definition) is 1. The maximum absolute atomic E-state index is 14.2. The van der Waals surface area contributed by atoms with Crippen LogP contribution in [0.15, 0.2) is 66.7 Å². The molecule has 1 saturated heterocycles. The van der Waals surface area contributed by atoms with Crippen molar-refractivity contribution >= 4 is 42.4 Å². The van der Waals surface area contributed by atoms with Crippen molar-refractivity contribution in [2.75, 3.05) is 25.7 Å². The molecule has 43 heavy (non-hydrogen) atoms. The number of aliphatic hydroxyl groups is 1. The monoisotopic (exact) mass is 618 g/mol. The zero-order valence-corrected chi connectivity index (χ0v) is 27.1. The number of likely N-dealkylation sites (N-methyl/N-ethyl adjacent to an activating group) is 1. The highest BCUT2D eigenvalue weighted by atomic mass is 35.5. The van der Waals surface area contributed by atoms with E-state index in [1.807, 2.05) is 42.5 Å². The molecule has 0 bridgehead atoms. The first-order chi connectivity index (χ1) is 20.5. The van der Waals surface area contributed by atoms with Gasteiger partial charge in [-0.3, -0.25) is 9.59 Å². The summed E-state index contributed by atoms with van der Waals surface area (Å²) in [6, 6.07) is 21.5. The van der Waals surface area contributed by atoms with Gasteiger partial charge in [0.05, 0.1) is 46.0 Å². The number of hydrogen-bond acceptors (Lipinski definition) is 5. The molecule has 9 heteroatoms. The van der Waals surface area contributed by atoms with E-state index in [0.29, 0.717) is 18.0 Å². The summed E-state index contributed by atoms with van der Waals surface area (Å²) in [5.41, 5.74) is 2.49. The van der Waals surface area contributed by atoms with Crippen molar-refractivity contribution in [2.24, 2.45) is 5.92 Å². The Labute approximate surface area is 259 Å². The fourth-order valence-corrected chi connectivity index (χ4v) is 12.1. The second kappa shape index (κ2) is 11.1. The third-order valence-corrected chi connectivity index (χ3v) is 14.8. The van der Waals surface area contributed by atoms with Crippen LogP contribution in [0.1, 0.15) is 30.0 Å². The van der Waals surface area contributed by atoms with Crippen LogP contribution in [0.4, 0.5) is 5.69 Å². The molecule has 0 aromatic heterocycles. The summed E-state index contributed by atoms with van der Waals surface area (Å²) in [6.07, 6.45) is 0.217. The molecule has 3 aliphatic heterocycles. The predicted octanol–water partition coefficient (Wildman–Crippen LogP) is 4.88. The van der Waals surface area contributed by atoms with Crippen molar-refractivity contribution in [3.8, 4) is 5.75 Å². The van der Waals surface area contributed by atoms with Crippen LogP contribution in [-0.2, 0) is 32.9 Å². The second-order valence-electron chi connectivity index (χ2n) is 12.7. The van der Waals surface area contributed by atoms with Gasteiger partial charge in [0.25, 0.3) is 5.91 Å². The maximum Gasteiger partial charge on any atom is 0.264 e. The Morgan fingerprint density at radius 2 is 1.81 bits per heavy atom. The quantitative estimate of drug-likeness (QED) is 0.399. The van der Waals surface area contributed by atoms with E-state index in [1.165, 1.54) is 5.19 Å². The average Bonchev–Trinajstić information content (AvgIpc) is 3.42. The minimum Gasteiger partial charge on any atom is -0.497 e. The van der Waals surface area contributed by atoms with Crippen LogP contribution in [0.5, 0.6) is 5.75 Å². The number of rotatable bonds is 6. The Kier molecular flexibility index (Phi) is 7.70. The average molecular weight is 619 g/mol. The summed E-state index contributed by atoms with van der Waals surface area (Å²) < 4.78 is 12.4. The van der Waals surface area contributed by atoms with E-state index in [9.17, 15) is 14.7 Å². The Balaban J connectivity index is 1.41. The van der Waals surface area contributed by atoms with E-state index >= 15 is 0 Å². The van der Waals surface area contributed by atoms with Gasteiger partial charge in [-0.1, -0.05) is 73.2 Å². The summed E-state index contributed by atoms with van der Waals surface area (Å²) >= 11 is 6.50. The summed E-state index contributed by atoms with van der Waals surface area (Å²) in [7, 11) is 1.03. The Bertz CT molecular complexity index is 1560. The van der Waals surface area contributed by atoms with Crippen molar-refractivity contribution in [2.45, 2.75) is 62.7 Å². The molecule has 1 N–H and O–H groups in total. The molecule has 6 rings (SSSR count). The SMILES string of the molecule is COc1ccc([Si](C)(C)[C@@H]2[C@@H](CC(=O)N3Cc4ccccc4C[C@H]3CO)O[C@]3(C(=O)N(C)c4ccc(Cl)cc43)[C@H]2C)cc1. The lowest BCUT2D eigenvalue weighted by Gasteiger charge is -2.39. The largest absolute Gasteiger partial charge is 0.497 e. The van der Waals surface area contributed by atoms with Crippen molar-refractivity contribution in [1.29, 1.82) is 0 Å². The van der Waals surface area contributed by atoms with Crippen molar-refractivity contribution in [3.05, 3.63) is 88.4 Å². The molecule has 3 aromatic carbocycles. The number of aliphatic hydroxyl groups excluding tert-OH is 1. The molecule has 0 unspecified atom stereocenters. The summed E-state index contributed by atoms with van der Waals surface area (Å²) in [4.78, 5) is 31.9. The maximum atomic E-state index is 14.2. The van der Waals surface area contributed by atoms with Crippen LogP contribution in [0, 0.1) is 5.92 Å². The van der Waals surface area contributed by atoms with Crippen molar-refractivity contribution < 1.29 is 24.2 Å². The molecular weight excluding hydrogens is 580 g/mol. The number of benzene rings is 3. The van der Waals surface area contributed by atoms with Crippen LogP contribution >= 0.6 is 11.6 Å². The molecular formula is C34H39ClN2O5Si. The lowest BCUT2D eigenvalue weighted by Crippen LogP contribution is -2.52. The molecule has 0 aliphatic carbocycles. The number of carbonyl (C=O) groups excluding carboxylic acids is 2. The Hall–Kier alpha value is -3.17. The summed E-state index contributed by atoms with van der Waals surface area (Å²) in [6.45, 7) is 7.02. The molecule has 226 valence electrons. The number of anilines is 1. The van der Waals surface area contributed by atoms with Gasteiger partial charge in [-0.2, -0.15) is 0 Å². The van der Waals surface area contributed by atoms with Crippen molar-refractivity contribution in [1.82, 2.24) is 4.90 Å². The standard InChI is InChI=1S/C34H39ClN2O5Si/c1-21-32(43(4,5)27-13-11-26(41-3)12-14-27)30(42-34(21)28-17-24(35)10-15-29(28)36(2)33(34)40)18-31(39)37-19-23-9-7-6-8-22(23)16-25(37)20-38/h6-15,17,21,25,30,32,38H,16,18-20H2,1-5H3/t21-,25-,30+,32-,34+/m0/s1. The van der Waals surface area contributed by atoms with Gasteiger partial charge in [-0.25, -0.2) is 0 Å². The van der Waals surface area contributed by atoms with Gasteiger partial charge in [0.2, 0.25) is 5.91 Å². The van der Waals surface area contributed by atoms with Crippen LogP contribution in [0.25, 0.3) is 0 Å². The molecule has 1 fully saturated rings. The number of nitrogens with zero attached hydrogens (tertiary/aromatic N) is 2. The summed E-state index contributed by atoms with van der Waals surface area (Å²) in [5, 5.41) is 12.0. The molecule has 3 aliphatic rings. The van der Waals surface area contributed by atoms with E-state index in [2.05, 4.69) is 38.2 Å². The number of ether oxygens (including phenoxy) is 2. The van der Waals surface area contributed by atoms with Crippen LogP contribution < -0.4 is 14.8 Å². The second-order valence-corrected chi connectivity index (χ2v) is 17.8. The number of fused-ring (bicyclic) bond motifs is 3. The molecule has 5 atom stereocenters. The number of carbonyl (C=O) groups is 2. The van der Waals surface area contributed by atoms with E-state index in [-0.39, 0.29) is 42.3 Å². The zero-order valence-electron chi connectivity index (χ0n) is 25.3. The first-order valence-corrected chi connectivity index (χ1v) is 18.4. The minimum atomic E-state index is -2.39. The van der Waals surface area contributed by atoms with Crippen LogP contribution in [0.3, 0.4) is 0 Å². The van der Waals surface area contributed by atoms with E-state index in [0.717, 1.165) is 28.1 Å². The minimum absolute atomic E-state index is 0.0718. The van der Waals surface area contributed by atoms with Crippen LogP contribution in [-0.4, -0.2) is 62.8 Å². The molecule has 0 radical (unpaired) electrons.